The van der Waals surface area contributed by atoms with Crippen molar-refractivity contribution in [2.24, 2.45) is 0 Å². The van der Waals surface area contributed by atoms with E-state index in [-0.39, 0.29) is 11.9 Å². The van der Waals surface area contributed by atoms with Gasteiger partial charge in [0, 0.05) is 17.7 Å². The standard InChI is InChI=1S/C23H30N2O5/c1-27-17-10-11-18(22(15-17)29-3)19-7-6-13-25(19)16-23(26)24-12-14-30-21-9-5-4-8-20(21)28-2/h4-5,8-11,15,19H,6-7,12-14,16H2,1-3H3,(H,24,26)/t19-/m0/s1. The lowest BCUT2D eigenvalue weighted by atomic mass is 10.0. The van der Waals surface area contributed by atoms with E-state index in [1.165, 1.54) is 0 Å². The summed E-state index contributed by atoms with van der Waals surface area (Å²) >= 11 is 0. The second kappa shape index (κ2) is 10.7. The summed E-state index contributed by atoms with van der Waals surface area (Å²) in [6.07, 6.45) is 2.04. The number of amides is 1. The maximum absolute atomic E-state index is 12.5. The third-order valence-corrected chi connectivity index (χ3v) is 5.26. The van der Waals surface area contributed by atoms with E-state index >= 15 is 0 Å². The highest BCUT2D eigenvalue weighted by molar-refractivity contribution is 5.78. The van der Waals surface area contributed by atoms with Gasteiger partial charge in [-0.05, 0) is 37.6 Å². The second-order valence-electron chi connectivity index (χ2n) is 7.09. The zero-order valence-corrected chi connectivity index (χ0v) is 17.8. The fourth-order valence-corrected chi connectivity index (χ4v) is 3.79. The van der Waals surface area contributed by atoms with Crippen molar-refractivity contribution in [2.75, 3.05) is 47.6 Å². The van der Waals surface area contributed by atoms with Gasteiger partial charge in [-0.2, -0.15) is 0 Å². The maximum Gasteiger partial charge on any atom is 0.234 e. The highest BCUT2D eigenvalue weighted by Gasteiger charge is 2.29. The molecule has 1 N–H and O–H groups in total. The molecule has 1 fully saturated rings. The quantitative estimate of drug-likeness (QED) is 0.603. The van der Waals surface area contributed by atoms with E-state index < -0.39 is 0 Å². The predicted octanol–water partition coefficient (Wildman–Crippen LogP) is 3.04. The number of para-hydroxylation sites is 2. The Morgan fingerprint density at radius 2 is 1.80 bits per heavy atom. The number of rotatable bonds is 10. The molecule has 0 spiro atoms. The predicted molar refractivity (Wildman–Crippen MR) is 115 cm³/mol. The third kappa shape index (κ3) is 5.36. The number of hydrogen-bond acceptors (Lipinski definition) is 6. The van der Waals surface area contributed by atoms with Crippen LogP contribution in [0, 0.1) is 0 Å². The van der Waals surface area contributed by atoms with Crippen LogP contribution in [0.3, 0.4) is 0 Å². The Kier molecular flexibility index (Phi) is 7.79. The number of nitrogens with zero attached hydrogens (tertiary/aromatic N) is 1. The molecule has 7 heteroatoms. The number of carbonyl (C=O) groups excluding carboxylic acids is 1. The molecule has 1 aliphatic heterocycles. The van der Waals surface area contributed by atoms with Crippen LogP contribution in [0.2, 0.25) is 0 Å². The van der Waals surface area contributed by atoms with Gasteiger partial charge in [0.1, 0.15) is 18.1 Å². The zero-order valence-electron chi connectivity index (χ0n) is 17.8. The van der Waals surface area contributed by atoms with E-state index in [2.05, 4.69) is 10.2 Å². The molecule has 0 radical (unpaired) electrons. The number of carbonyl (C=O) groups is 1. The summed E-state index contributed by atoms with van der Waals surface area (Å²) in [6, 6.07) is 13.5. The smallest absolute Gasteiger partial charge is 0.234 e. The average molecular weight is 415 g/mol. The van der Waals surface area contributed by atoms with Gasteiger partial charge in [0.05, 0.1) is 34.4 Å². The van der Waals surface area contributed by atoms with Gasteiger partial charge in [-0.3, -0.25) is 9.69 Å². The molecular weight excluding hydrogens is 384 g/mol. The summed E-state index contributed by atoms with van der Waals surface area (Å²) in [5.41, 5.74) is 1.09. The lowest BCUT2D eigenvalue weighted by molar-refractivity contribution is -0.122. The van der Waals surface area contributed by atoms with Crippen molar-refractivity contribution in [3.8, 4) is 23.0 Å². The molecule has 0 unspecified atom stereocenters. The molecule has 30 heavy (non-hydrogen) atoms. The molecule has 1 saturated heterocycles. The van der Waals surface area contributed by atoms with Gasteiger partial charge < -0.3 is 24.3 Å². The molecule has 0 bridgehead atoms. The maximum atomic E-state index is 12.5. The van der Waals surface area contributed by atoms with Crippen LogP contribution in [0.25, 0.3) is 0 Å². The third-order valence-electron chi connectivity index (χ3n) is 5.26. The van der Waals surface area contributed by atoms with Crippen LogP contribution >= 0.6 is 0 Å². The molecule has 1 heterocycles. The van der Waals surface area contributed by atoms with Crippen molar-refractivity contribution in [3.63, 3.8) is 0 Å². The summed E-state index contributed by atoms with van der Waals surface area (Å²) in [4.78, 5) is 14.7. The Labute approximate surface area is 177 Å². The summed E-state index contributed by atoms with van der Waals surface area (Å²) in [7, 11) is 4.90. The lowest BCUT2D eigenvalue weighted by Crippen LogP contribution is -2.38. The van der Waals surface area contributed by atoms with Crippen LogP contribution < -0.4 is 24.3 Å². The first kappa shape index (κ1) is 21.8. The molecule has 2 aromatic carbocycles. The summed E-state index contributed by atoms with van der Waals surface area (Å²) in [5, 5.41) is 2.94. The molecule has 1 atom stereocenters. The summed E-state index contributed by atoms with van der Waals surface area (Å²) in [6.45, 7) is 2.03. The van der Waals surface area contributed by atoms with Crippen molar-refractivity contribution in [3.05, 3.63) is 48.0 Å². The number of benzene rings is 2. The fourth-order valence-electron chi connectivity index (χ4n) is 3.79. The number of methoxy groups -OCH3 is 3. The van der Waals surface area contributed by atoms with Crippen molar-refractivity contribution in [2.45, 2.75) is 18.9 Å². The number of hydrogen-bond donors (Lipinski definition) is 1. The first-order valence-corrected chi connectivity index (χ1v) is 10.1. The molecule has 3 rings (SSSR count). The Bertz CT molecular complexity index is 842. The van der Waals surface area contributed by atoms with Gasteiger partial charge in [-0.1, -0.05) is 18.2 Å². The zero-order chi connectivity index (χ0) is 21.3. The molecule has 0 aliphatic carbocycles. The van der Waals surface area contributed by atoms with E-state index in [1.54, 1.807) is 21.3 Å². The molecule has 162 valence electrons. The Balaban J connectivity index is 1.51. The monoisotopic (exact) mass is 414 g/mol. The van der Waals surface area contributed by atoms with Crippen molar-refractivity contribution >= 4 is 5.91 Å². The van der Waals surface area contributed by atoms with E-state index in [0.29, 0.717) is 31.2 Å². The minimum atomic E-state index is -0.0157. The van der Waals surface area contributed by atoms with Gasteiger partial charge >= 0.3 is 0 Å². The first-order valence-electron chi connectivity index (χ1n) is 10.1. The van der Waals surface area contributed by atoms with Crippen molar-refractivity contribution < 1.29 is 23.7 Å². The van der Waals surface area contributed by atoms with Crippen molar-refractivity contribution in [1.29, 1.82) is 0 Å². The number of likely N-dealkylation sites (tertiary alicyclic amines) is 1. The van der Waals surface area contributed by atoms with Gasteiger partial charge in [0.25, 0.3) is 0 Å². The van der Waals surface area contributed by atoms with Crippen LogP contribution in [-0.2, 0) is 4.79 Å². The average Bonchev–Trinajstić information content (AvgIpc) is 3.24. The van der Waals surface area contributed by atoms with Crippen LogP contribution in [0.4, 0.5) is 0 Å². The van der Waals surface area contributed by atoms with Crippen LogP contribution in [0.15, 0.2) is 42.5 Å². The molecule has 1 aliphatic rings. The molecule has 0 aromatic heterocycles. The van der Waals surface area contributed by atoms with Crippen molar-refractivity contribution in [1.82, 2.24) is 10.2 Å². The lowest BCUT2D eigenvalue weighted by Gasteiger charge is -2.26. The topological polar surface area (TPSA) is 69.3 Å². The van der Waals surface area contributed by atoms with E-state index in [4.69, 9.17) is 18.9 Å². The fraction of sp³-hybridized carbons (Fsp3) is 0.435. The van der Waals surface area contributed by atoms with Gasteiger partial charge in [-0.15, -0.1) is 0 Å². The molecule has 7 nitrogen and oxygen atoms in total. The number of ether oxygens (including phenoxy) is 4. The van der Waals surface area contributed by atoms with Crippen LogP contribution in [0.1, 0.15) is 24.4 Å². The van der Waals surface area contributed by atoms with E-state index in [9.17, 15) is 4.79 Å². The second-order valence-corrected chi connectivity index (χ2v) is 7.09. The van der Waals surface area contributed by atoms with E-state index in [0.717, 1.165) is 36.4 Å². The highest BCUT2D eigenvalue weighted by atomic mass is 16.5. The Morgan fingerprint density at radius 1 is 1.03 bits per heavy atom. The van der Waals surface area contributed by atoms with Crippen LogP contribution in [0.5, 0.6) is 23.0 Å². The molecular formula is C23H30N2O5. The number of nitrogens with one attached hydrogen (secondary N) is 1. The van der Waals surface area contributed by atoms with Gasteiger partial charge in [-0.25, -0.2) is 0 Å². The van der Waals surface area contributed by atoms with Crippen LogP contribution in [-0.4, -0.2) is 58.4 Å². The first-order chi connectivity index (χ1) is 14.7. The Morgan fingerprint density at radius 3 is 2.53 bits per heavy atom. The van der Waals surface area contributed by atoms with E-state index in [1.807, 2.05) is 42.5 Å². The van der Waals surface area contributed by atoms with Gasteiger partial charge in [0.15, 0.2) is 11.5 Å². The summed E-state index contributed by atoms with van der Waals surface area (Å²) < 4.78 is 21.8. The SMILES string of the molecule is COc1ccc([C@@H]2CCCN2CC(=O)NCCOc2ccccc2OC)c(OC)c1. The summed E-state index contributed by atoms with van der Waals surface area (Å²) in [5.74, 6) is 2.88. The highest BCUT2D eigenvalue weighted by Crippen LogP contribution is 2.38. The molecule has 0 saturated carbocycles. The minimum absolute atomic E-state index is 0.0157. The normalized spacial score (nSPS) is 16.2. The molecule has 1 amide bonds. The largest absolute Gasteiger partial charge is 0.497 e. The minimum Gasteiger partial charge on any atom is -0.497 e. The Hall–Kier alpha value is -2.93. The molecule has 2 aromatic rings. The van der Waals surface area contributed by atoms with Gasteiger partial charge in [0.2, 0.25) is 5.91 Å².